The van der Waals surface area contributed by atoms with E-state index >= 15 is 0 Å². The Balaban J connectivity index is 1.54. The summed E-state index contributed by atoms with van der Waals surface area (Å²) in [6, 6.07) is 18.4. The molecule has 8 heteroatoms. The van der Waals surface area contributed by atoms with Gasteiger partial charge in [0, 0.05) is 36.9 Å². The Kier molecular flexibility index (Phi) is 10.8. The summed E-state index contributed by atoms with van der Waals surface area (Å²) in [5.41, 5.74) is 2.32. The normalized spacial score (nSPS) is 24.9. The van der Waals surface area contributed by atoms with Crippen LogP contribution in [0.5, 0.6) is 0 Å². The summed E-state index contributed by atoms with van der Waals surface area (Å²) in [6.45, 7) is 5.29. The topological polar surface area (TPSA) is 112 Å². The molecule has 1 aromatic heterocycles. The number of carbonyl (C=O) groups excluding carboxylic acids is 2. The highest BCUT2D eigenvalue weighted by Crippen LogP contribution is 2.59. The third kappa shape index (κ3) is 7.46. The van der Waals surface area contributed by atoms with Gasteiger partial charge in [-0.05, 0) is 106 Å². The average Bonchev–Trinajstić information content (AvgIpc) is 3.67. The number of ether oxygens (including phenoxy) is 1. The van der Waals surface area contributed by atoms with Crippen LogP contribution in [0.25, 0.3) is 0 Å². The molecule has 46 heavy (non-hydrogen) atoms. The number of allylic oxidation sites excluding steroid dienone is 2. The Morgan fingerprint density at radius 2 is 1.89 bits per heavy atom. The lowest BCUT2D eigenvalue weighted by Crippen LogP contribution is -2.54. The molecule has 0 aliphatic heterocycles. The highest BCUT2D eigenvalue weighted by Gasteiger charge is 2.57. The van der Waals surface area contributed by atoms with Crippen LogP contribution in [0, 0.1) is 5.41 Å². The molecule has 0 radical (unpaired) electrons. The molecule has 1 saturated carbocycles. The molecule has 3 aliphatic rings. The van der Waals surface area contributed by atoms with Crippen LogP contribution in [-0.4, -0.2) is 65.4 Å². The number of aliphatic hydroxyl groups excluding tert-OH is 1. The first kappa shape index (κ1) is 33.6. The number of aliphatic hydroxyl groups is 2. The molecule has 0 unspecified atom stereocenters. The number of anilines is 1. The van der Waals surface area contributed by atoms with Crippen LogP contribution in [0.4, 0.5) is 10.5 Å². The minimum Gasteiger partial charge on any atom is -0.461 e. The molecule has 4 atom stereocenters. The third-order valence-corrected chi connectivity index (χ3v) is 10.2. The van der Waals surface area contributed by atoms with Crippen molar-refractivity contribution in [1.29, 1.82) is 0 Å². The van der Waals surface area contributed by atoms with Crippen LogP contribution in [0.3, 0.4) is 0 Å². The molecule has 2 amide bonds. The van der Waals surface area contributed by atoms with Gasteiger partial charge in [0.05, 0.1) is 24.5 Å². The quantitative estimate of drug-likeness (QED) is 0.132. The third-order valence-electron chi connectivity index (χ3n) is 10.2. The zero-order valence-corrected chi connectivity index (χ0v) is 27.3. The highest BCUT2D eigenvalue weighted by molar-refractivity contribution is 6.08. The molecule has 0 saturated heterocycles. The molecule has 1 fully saturated rings. The second kappa shape index (κ2) is 14.8. The Morgan fingerprint density at radius 3 is 2.63 bits per heavy atom. The summed E-state index contributed by atoms with van der Waals surface area (Å²) in [7, 11) is 1.64. The molecule has 3 aromatic rings. The van der Waals surface area contributed by atoms with E-state index in [1.807, 2.05) is 48.5 Å². The Morgan fingerprint density at radius 1 is 1.09 bits per heavy atom. The van der Waals surface area contributed by atoms with Crippen LogP contribution < -0.4 is 5.32 Å². The number of para-hydroxylation sites is 1. The number of benzene rings is 2. The number of rotatable bonds is 9. The maximum atomic E-state index is 13.9. The van der Waals surface area contributed by atoms with Crippen molar-refractivity contribution in [3.05, 3.63) is 101 Å². The number of nitrogens with zero attached hydrogens (tertiary/aromatic N) is 1. The van der Waals surface area contributed by atoms with E-state index in [-0.39, 0.29) is 30.0 Å². The molecule has 246 valence electrons. The summed E-state index contributed by atoms with van der Waals surface area (Å²) in [6.07, 6.45) is 8.21. The average molecular weight is 629 g/mol. The maximum absolute atomic E-state index is 13.9. The second-order valence-corrected chi connectivity index (χ2v) is 13.3. The number of carbonyl (C=O) groups is 2. The molecule has 2 bridgehead atoms. The summed E-state index contributed by atoms with van der Waals surface area (Å²) in [4.78, 5) is 29.3. The summed E-state index contributed by atoms with van der Waals surface area (Å²) < 4.78 is 10.8. The number of nitrogens with one attached hydrogen (secondary N) is 1. The van der Waals surface area contributed by atoms with E-state index in [2.05, 4.69) is 25.2 Å². The van der Waals surface area contributed by atoms with E-state index in [9.17, 15) is 19.8 Å². The maximum Gasteiger partial charge on any atom is 0.321 e. The monoisotopic (exact) mass is 628 g/mol. The van der Waals surface area contributed by atoms with Crippen molar-refractivity contribution < 1.29 is 29.0 Å². The first-order valence-electron chi connectivity index (χ1n) is 16.5. The molecule has 1 heterocycles. The van der Waals surface area contributed by atoms with Crippen molar-refractivity contribution >= 4 is 17.5 Å². The van der Waals surface area contributed by atoms with Crippen molar-refractivity contribution in [2.75, 3.05) is 32.1 Å². The lowest BCUT2D eigenvalue weighted by Gasteiger charge is -2.46. The number of furan rings is 1. The van der Waals surface area contributed by atoms with Crippen LogP contribution >= 0.6 is 0 Å². The van der Waals surface area contributed by atoms with E-state index < -0.39 is 17.1 Å². The summed E-state index contributed by atoms with van der Waals surface area (Å²) in [5, 5.41) is 26.6. The Bertz CT molecular complexity index is 1500. The summed E-state index contributed by atoms with van der Waals surface area (Å²) in [5.74, 6) is -0.101. The first-order chi connectivity index (χ1) is 22.1. The van der Waals surface area contributed by atoms with Gasteiger partial charge in [-0.25, -0.2) is 4.79 Å². The smallest absolute Gasteiger partial charge is 0.321 e. The van der Waals surface area contributed by atoms with Gasteiger partial charge >= 0.3 is 6.03 Å². The minimum atomic E-state index is -1.22. The number of hydrogen-bond donors (Lipinski definition) is 3. The lowest BCUT2D eigenvalue weighted by molar-refractivity contribution is -0.0767. The Hall–Kier alpha value is -3.72. The summed E-state index contributed by atoms with van der Waals surface area (Å²) >= 11 is 0. The highest BCUT2D eigenvalue weighted by atomic mass is 16.5. The largest absolute Gasteiger partial charge is 0.461 e. The molecule has 3 N–H and O–H groups in total. The predicted octanol–water partition coefficient (Wildman–Crippen LogP) is 7.12. The van der Waals surface area contributed by atoms with Gasteiger partial charge in [-0.2, -0.15) is 0 Å². The molecule has 8 nitrogen and oxygen atoms in total. The van der Waals surface area contributed by atoms with Crippen LogP contribution in [0.1, 0.15) is 92.0 Å². The van der Waals surface area contributed by atoms with Gasteiger partial charge in [0.1, 0.15) is 0 Å². The van der Waals surface area contributed by atoms with Crippen molar-refractivity contribution in [2.24, 2.45) is 5.41 Å². The van der Waals surface area contributed by atoms with Gasteiger partial charge in [-0.15, -0.1) is 0 Å². The van der Waals surface area contributed by atoms with Gasteiger partial charge in [-0.3, -0.25) is 4.79 Å². The van der Waals surface area contributed by atoms with E-state index in [0.717, 1.165) is 24.0 Å². The molecule has 2 aromatic carbocycles. The van der Waals surface area contributed by atoms with Gasteiger partial charge in [-0.1, -0.05) is 48.9 Å². The molecular formula is C38H48N2O6. The minimum absolute atomic E-state index is 0.150. The SMILES string of the molecule is COCCCN(C[C@]1(O)CC[C@H]2c3ccc(cc3C(=O)c3ccco3)C[C@@H](O)CCC(C)=CCC[C@@]21C)C(=O)Nc1ccccc1. The van der Waals surface area contributed by atoms with Gasteiger partial charge in [0.15, 0.2) is 5.76 Å². The number of hydrogen-bond acceptors (Lipinski definition) is 6. The first-order valence-corrected chi connectivity index (χ1v) is 16.5. The standard InChI is InChI=1S/C38H48N2O6/c1-27-10-7-19-37(2)33(31-17-15-28(24-30(41)16-14-27)25-32(31)35(42)34-13-8-23-46-34)18-20-38(37,44)26-40(21-9-22-45-3)36(43)39-29-11-5-4-6-12-29/h4-6,8,10-13,15,17,23,25,30,33,41,44H,7,9,14,16,18-22,24,26H2,1-3H3,(H,39,43)/t30-,33-,37-,38+/m0/s1. The van der Waals surface area contributed by atoms with Crippen molar-refractivity contribution in [1.82, 2.24) is 4.90 Å². The number of amides is 2. The van der Waals surface area contributed by atoms with Crippen molar-refractivity contribution in [2.45, 2.75) is 82.8 Å². The number of fused-ring (bicyclic) bond motifs is 8. The van der Waals surface area contributed by atoms with Crippen LogP contribution in [0.2, 0.25) is 0 Å². The van der Waals surface area contributed by atoms with Crippen molar-refractivity contribution in [3.63, 3.8) is 0 Å². The molecule has 3 aliphatic carbocycles. The van der Waals surface area contributed by atoms with E-state index in [1.54, 1.807) is 24.1 Å². The fraction of sp³-hybridized carbons (Fsp3) is 0.474. The van der Waals surface area contributed by atoms with Crippen LogP contribution in [-0.2, 0) is 11.2 Å². The lowest BCUT2D eigenvalue weighted by atomic mass is 9.64. The van der Waals surface area contributed by atoms with E-state index in [1.165, 1.54) is 11.8 Å². The van der Waals surface area contributed by atoms with Gasteiger partial charge in [0.25, 0.3) is 0 Å². The zero-order valence-electron chi connectivity index (χ0n) is 27.3. The number of ketones is 1. The number of urea groups is 1. The van der Waals surface area contributed by atoms with Crippen LogP contribution in [0.15, 0.2) is 83.0 Å². The Labute approximate surface area is 272 Å². The predicted molar refractivity (Wildman–Crippen MR) is 179 cm³/mol. The van der Waals surface area contributed by atoms with E-state index in [4.69, 9.17) is 9.15 Å². The molecule has 0 spiro atoms. The number of methoxy groups -OCH3 is 1. The second-order valence-electron chi connectivity index (χ2n) is 13.3. The van der Waals surface area contributed by atoms with Gasteiger partial charge < -0.3 is 29.6 Å². The van der Waals surface area contributed by atoms with E-state index in [0.29, 0.717) is 62.9 Å². The molecule has 6 rings (SSSR count). The fourth-order valence-electron chi connectivity index (χ4n) is 7.43. The zero-order chi connectivity index (χ0) is 32.7. The van der Waals surface area contributed by atoms with Crippen molar-refractivity contribution in [3.8, 4) is 0 Å². The fourth-order valence-corrected chi connectivity index (χ4v) is 7.43. The van der Waals surface area contributed by atoms with Gasteiger partial charge in [0.2, 0.25) is 5.78 Å². The molecular weight excluding hydrogens is 580 g/mol.